The Kier molecular flexibility index (Phi) is 4.11. The molecule has 0 amide bonds. The van der Waals surface area contributed by atoms with Crippen LogP contribution < -0.4 is 11.3 Å². The van der Waals surface area contributed by atoms with Crippen molar-refractivity contribution >= 4 is 15.9 Å². The lowest BCUT2D eigenvalue weighted by Gasteiger charge is -2.20. The van der Waals surface area contributed by atoms with Crippen molar-refractivity contribution in [2.24, 2.45) is 5.84 Å². The minimum atomic E-state index is -0.358. The summed E-state index contributed by atoms with van der Waals surface area (Å²) in [6.45, 7) is 1.98. The fourth-order valence-electron chi connectivity index (χ4n) is 1.98. The Labute approximate surface area is 114 Å². The molecule has 2 aromatic carbocycles. The van der Waals surface area contributed by atoms with Crippen LogP contribution in [0.4, 0.5) is 4.39 Å². The molecule has 3 N–H and O–H groups in total. The third-order valence-corrected chi connectivity index (χ3v) is 3.43. The summed E-state index contributed by atoms with van der Waals surface area (Å²) in [5.41, 5.74) is 5.24. The van der Waals surface area contributed by atoms with Crippen LogP contribution in [0.2, 0.25) is 0 Å². The number of aryl methyl sites for hydroxylation is 1. The molecule has 1 atom stereocenters. The van der Waals surface area contributed by atoms with Crippen molar-refractivity contribution in [1.29, 1.82) is 0 Å². The van der Waals surface area contributed by atoms with Crippen LogP contribution in [0.15, 0.2) is 46.9 Å². The summed E-state index contributed by atoms with van der Waals surface area (Å²) in [6.07, 6.45) is 0. The molecule has 2 aromatic rings. The fourth-order valence-corrected chi connectivity index (χ4v) is 2.36. The van der Waals surface area contributed by atoms with Crippen LogP contribution >= 0.6 is 15.9 Å². The first-order valence-electron chi connectivity index (χ1n) is 5.60. The summed E-state index contributed by atoms with van der Waals surface area (Å²) in [6, 6.07) is 12.2. The molecule has 2 nitrogen and oxygen atoms in total. The summed E-state index contributed by atoms with van der Waals surface area (Å²) < 4.78 is 14.8. The summed E-state index contributed by atoms with van der Waals surface area (Å²) >= 11 is 3.42. The van der Waals surface area contributed by atoms with Gasteiger partial charge in [0.15, 0.2) is 0 Å². The Hall–Kier alpha value is -1.23. The molecule has 0 aliphatic rings. The van der Waals surface area contributed by atoms with Gasteiger partial charge in [-0.15, -0.1) is 0 Å². The van der Waals surface area contributed by atoms with Crippen molar-refractivity contribution in [2.45, 2.75) is 13.0 Å². The Morgan fingerprint density at radius 2 is 1.89 bits per heavy atom. The topological polar surface area (TPSA) is 38.0 Å². The van der Waals surface area contributed by atoms with Gasteiger partial charge in [-0.2, -0.15) is 0 Å². The van der Waals surface area contributed by atoms with Crippen LogP contribution in [0.3, 0.4) is 0 Å². The van der Waals surface area contributed by atoms with Gasteiger partial charge in [-0.1, -0.05) is 40.2 Å². The fraction of sp³-hybridized carbons (Fsp3) is 0.143. The van der Waals surface area contributed by atoms with Crippen LogP contribution in [0, 0.1) is 12.7 Å². The molecule has 0 aliphatic heterocycles. The lowest BCUT2D eigenvalue weighted by atomic mass is 9.95. The van der Waals surface area contributed by atoms with Crippen molar-refractivity contribution in [2.75, 3.05) is 0 Å². The minimum Gasteiger partial charge on any atom is -0.271 e. The SMILES string of the molecule is Cc1ccc(Br)cc1C(NN)c1ccccc1F. The predicted molar refractivity (Wildman–Crippen MR) is 74.4 cm³/mol. The van der Waals surface area contributed by atoms with Gasteiger partial charge in [-0.05, 0) is 36.2 Å². The van der Waals surface area contributed by atoms with Crippen LogP contribution in [0.25, 0.3) is 0 Å². The average Bonchev–Trinajstić information content (AvgIpc) is 2.36. The maximum atomic E-state index is 13.8. The van der Waals surface area contributed by atoms with Crippen LogP contribution in [0.5, 0.6) is 0 Å². The standard InChI is InChI=1S/C14H14BrFN2/c1-9-6-7-10(15)8-12(9)14(18-17)11-4-2-3-5-13(11)16/h2-8,14,18H,17H2,1H3. The predicted octanol–water partition coefficient (Wildman–Crippen LogP) is 3.45. The second kappa shape index (κ2) is 5.61. The third kappa shape index (κ3) is 2.61. The molecule has 1 unspecified atom stereocenters. The van der Waals surface area contributed by atoms with Gasteiger partial charge in [0.25, 0.3) is 0 Å². The molecule has 0 heterocycles. The largest absolute Gasteiger partial charge is 0.271 e. The minimum absolute atomic E-state index is 0.264. The van der Waals surface area contributed by atoms with E-state index in [1.165, 1.54) is 6.07 Å². The van der Waals surface area contributed by atoms with Gasteiger partial charge in [-0.25, -0.2) is 9.82 Å². The molecular weight excluding hydrogens is 295 g/mol. The van der Waals surface area contributed by atoms with Gasteiger partial charge in [0, 0.05) is 10.0 Å². The van der Waals surface area contributed by atoms with E-state index in [1.54, 1.807) is 18.2 Å². The van der Waals surface area contributed by atoms with Crippen molar-refractivity contribution < 1.29 is 4.39 Å². The molecular formula is C14H14BrFN2. The zero-order valence-electron chi connectivity index (χ0n) is 9.95. The highest BCUT2D eigenvalue weighted by Gasteiger charge is 2.18. The van der Waals surface area contributed by atoms with Crippen LogP contribution in [-0.2, 0) is 0 Å². The lowest BCUT2D eigenvalue weighted by molar-refractivity contribution is 0.559. The molecule has 4 heteroatoms. The zero-order valence-corrected chi connectivity index (χ0v) is 11.5. The van der Waals surface area contributed by atoms with Crippen molar-refractivity contribution in [3.63, 3.8) is 0 Å². The Morgan fingerprint density at radius 1 is 1.17 bits per heavy atom. The molecule has 0 aromatic heterocycles. The number of nitrogens with one attached hydrogen (secondary N) is 1. The molecule has 94 valence electrons. The second-order valence-electron chi connectivity index (χ2n) is 4.12. The van der Waals surface area contributed by atoms with Crippen molar-refractivity contribution in [1.82, 2.24) is 5.43 Å². The third-order valence-electron chi connectivity index (χ3n) is 2.94. The lowest BCUT2D eigenvalue weighted by Crippen LogP contribution is -2.30. The molecule has 0 saturated heterocycles. The zero-order chi connectivity index (χ0) is 13.1. The van der Waals surface area contributed by atoms with E-state index >= 15 is 0 Å². The number of rotatable bonds is 3. The Morgan fingerprint density at radius 3 is 2.56 bits per heavy atom. The van der Waals surface area contributed by atoms with E-state index in [9.17, 15) is 4.39 Å². The molecule has 0 fully saturated rings. The summed E-state index contributed by atoms with van der Waals surface area (Å²) in [5, 5.41) is 0. The second-order valence-corrected chi connectivity index (χ2v) is 5.04. The van der Waals surface area contributed by atoms with E-state index in [0.717, 1.165) is 15.6 Å². The first-order valence-corrected chi connectivity index (χ1v) is 6.39. The monoisotopic (exact) mass is 308 g/mol. The first kappa shape index (κ1) is 13.2. The summed E-state index contributed by atoms with van der Waals surface area (Å²) in [7, 11) is 0. The van der Waals surface area contributed by atoms with Gasteiger partial charge < -0.3 is 0 Å². The highest BCUT2D eigenvalue weighted by atomic mass is 79.9. The van der Waals surface area contributed by atoms with Crippen LogP contribution in [-0.4, -0.2) is 0 Å². The van der Waals surface area contributed by atoms with Gasteiger partial charge in [0.2, 0.25) is 0 Å². The van der Waals surface area contributed by atoms with E-state index in [4.69, 9.17) is 5.84 Å². The van der Waals surface area contributed by atoms with Crippen molar-refractivity contribution in [3.8, 4) is 0 Å². The number of hydrogen-bond donors (Lipinski definition) is 2. The Balaban J connectivity index is 2.52. The normalized spacial score (nSPS) is 12.4. The molecule has 0 radical (unpaired) electrons. The van der Waals surface area contributed by atoms with Gasteiger partial charge >= 0.3 is 0 Å². The molecule has 2 rings (SSSR count). The van der Waals surface area contributed by atoms with E-state index < -0.39 is 0 Å². The number of halogens is 2. The van der Waals surface area contributed by atoms with E-state index in [-0.39, 0.29) is 11.9 Å². The average molecular weight is 309 g/mol. The summed E-state index contributed by atoms with van der Waals surface area (Å²) in [5.74, 6) is 5.33. The highest BCUT2D eigenvalue weighted by molar-refractivity contribution is 9.10. The molecule has 0 saturated carbocycles. The number of benzene rings is 2. The molecule has 0 aliphatic carbocycles. The molecule has 0 bridgehead atoms. The highest BCUT2D eigenvalue weighted by Crippen LogP contribution is 2.28. The molecule has 0 spiro atoms. The number of nitrogens with two attached hydrogens (primary N) is 1. The van der Waals surface area contributed by atoms with Gasteiger partial charge in [0.1, 0.15) is 5.82 Å². The maximum absolute atomic E-state index is 13.8. The van der Waals surface area contributed by atoms with E-state index in [2.05, 4.69) is 21.4 Å². The molecule has 18 heavy (non-hydrogen) atoms. The van der Waals surface area contributed by atoms with Gasteiger partial charge in [0.05, 0.1) is 6.04 Å². The Bertz CT molecular complexity index is 557. The maximum Gasteiger partial charge on any atom is 0.128 e. The van der Waals surface area contributed by atoms with E-state index in [1.807, 2.05) is 25.1 Å². The van der Waals surface area contributed by atoms with Gasteiger partial charge in [-0.3, -0.25) is 5.84 Å². The summed E-state index contributed by atoms with van der Waals surface area (Å²) in [4.78, 5) is 0. The van der Waals surface area contributed by atoms with Crippen molar-refractivity contribution in [3.05, 3.63) is 69.4 Å². The quantitative estimate of drug-likeness (QED) is 0.673. The number of hydrazine groups is 1. The first-order chi connectivity index (χ1) is 8.63. The van der Waals surface area contributed by atoms with Crippen LogP contribution in [0.1, 0.15) is 22.7 Å². The number of hydrogen-bond acceptors (Lipinski definition) is 2. The van der Waals surface area contributed by atoms with E-state index in [0.29, 0.717) is 5.56 Å². The smallest absolute Gasteiger partial charge is 0.128 e.